The van der Waals surface area contributed by atoms with Crippen LogP contribution >= 0.6 is 0 Å². The summed E-state index contributed by atoms with van der Waals surface area (Å²) in [7, 11) is 0. The van der Waals surface area contributed by atoms with Gasteiger partial charge in [0.1, 0.15) is 0 Å². The van der Waals surface area contributed by atoms with E-state index in [0.29, 0.717) is 12.1 Å². The first-order valence-corrected chi connectivity index (χ1v) is 7.40. The number of carboxylic acid groups (broad SMARTS) is 1. The van der Waals surface area contributed by atoms with E-state index in [4.69, 9.17) is 5.73 Å². The summed E-state index contributed by atoms with van der Waals surface area (Å²) in [5.41, 5.74) is 5.63. The van der Waals surface area contributed by atoms with Crippen LogP contribution in [-0.2, 0) is 10.3 Å². The maximum Gasteiger partial charge on any atom is 0.329 e. The van der Waals surface area contributed by atoms with Crippen molar-refractivity contribution in [2.45, 2.75) is 24.8 Å². The monoisotopic (exact) mass is 274 g/mol. The molecule has 2 aliphatic rings. The van der Waals surface area contributed by atoms with Gasteiger partial charge in [-0.1, -0.05) is 36.8 Å². The molecular weight excluding hydrogens is 252 g/mol. The fourth-order valence-electron chi connectivity index (χ4n) is 3.83. The van der Waals surface area contributed by atoms with E-state index < -0.39 is 11.5 Å². The molecule has 0 amide bonds. The number of hydrogen-bond donors (Lipinski definition) is 2. The lowest BCUT2D eigenvalue weighted by Gasteiger charge is -2.30. The van der Waals surface area contributed by atoms with Crippen molar-refractivity contribution in [3.63, 3.8) is 0 Å². The first-order chi connectivity index (χ1) is 9.59. The molecule has 20 heavy (non-hydrogen) atoms. The molecule has 1 saturated heterocycles. The van der Waals surface area contributed by atoms with E-state index in [1.807, 2.05) is 30.3 Å². The van der Waals surface area contributed by atoms with Crippen molar-refractivity contribution in [2.24, 2.45) is 17.6 Å². The van der Waals surface area contributed by atoms with Crippen molar-refractivity contribution in [1.29, 1.82) is 0 Å². The lowest BCUT2D eigenvalue weighted by atomic mass is 9.90. The molecule has 1 aliphatic heterocycles. The van der Waals surface area contributed by atoms with E-state index in [1.54, 1.807) is 0 Å². The summed E-state index contributed by atoms with van der Waals surface area (Å²) in [4.78, 5) is 14.0. The van der Waals surface area contributed by atoms with Gasteiger partial charge in [0.15, 0.2) is 5.54 Å². The van der Waals surface area contributed by atoms with E-state index in [2.05, 4.69) is 4.90 Å². The molecule has 1 aromatic carbocycles. The summed E-state index contributed by atoms with van der Waals surface area (Å²) < 4.78 is 0. The summed E-state index contributed by atoms with van der Waals surface area (Å²) in [6.07, 6.45) is 3.91. The summed E-state index contributed by atoms with van der Waals surface area (Å²) in [6.45, 7) is 2.41. The van der Waals surface area contributed by atoms with E-state index in [9.17, 15) is 9.90 Å². The van der Waals surface area contributed by atoms with Crippen LogP contribution in [0.1, 0.15) is 24.8 Å². The number of fused-ring (bicyclic) bond motifs is 1. The van der Waals surface area contributed by atoms with E-state index >= 15 is 0 Å². The molecule has 1 saturated carbocycles. The molecule has 1 aliphatic carbocycles. The maximum absolute atomic E-state index is 11.7. The van der Waals surface area contributed by atoms with E-state index in [0.717, 1.165) is 24.9 Å². The fraction of sp³-hybridized carbons (Fsp3) is 0.562. The number of nitrogens with zero attached hydrogens (tertiary/aromatic N) is 1. The van der Waals surface area contributed by atoms with Gasteiger partial charge in [-0.05, 0) is 30.2 Å². The van der Waals surface area contributed by atoms with Crippen molar-refractivity contribution in [2.75, 3.05) is 19.6 Å². The van der Waals surface area contributed by atoms with Crippen LogP contribution in [0.5, 0.6) is 0 Å². The first-order valence-electron chi connectivity index (χ1n) is 7.40. The predicted octanol–water partition coefficient (Wildman–Crippen LogP) is 1.66. The first kappa shape index (κ1) is 13.6. The topological polar surface area (TPSA) is 66.6 Å². The lowest BCUT2D eigenvalue weighted by molar-refractivity contribution is -0.144. The predicted molar refractivity (Wildman–Crippen MR) is 77.2 cm³/mol. The second-order valence-electron chi connectivity index (χ2n) is 6.29. The Labute approximate surface area is 119 Å². The van der Waals surface area contributed by atoms with Gasteiger partial charge in [0.05, 0.1) is 0 Å². The van der Waals surface area contributed by atoms with E-state index in [1.165, 1.54) is 19.3 Å². The number of aliphatic carboxylic acids is 1. The highest BCUT2D eigenvalue weighted by molar-refractivity contribution is 5.80. The third kappa shape index (κ3) is 2.34. The van der Waals surface area contributed by atoms with Crippen LogP contribution in [0.4, 0.5) is 0 Å². The average Bonchev–Trinajstić information content (AvgIpc) is 3.00. The molecule has 1 heterocycles. The zero-order valence-corrected chi connectivity index (χ0v) is 11.7. The summed E-state index contributed by atoms with van der Waals surface area (Å²) in [5, 5.41) is 9.60. The molecule has 0 bridgehead atoms. The second kappa shape index (κ2) is 5.19. The molecule has 3 N–H and O–H groups in total. The van der Waals surface area contributed by atoms with Crippen LogP contribution in [0.3, 0.4) is 0 Å². The second-order valence-corrected chi connectivity index (χ2v) is 6.29. The van der Waals surface area contributed by atoms with Gasteiger partial charge in [0.2, 0.25) is 0 Å². The molecule has 0 aromatic heterocycles. The smallest absolute Gasteiger partial charge is 0.329 e. The zero-order chi connectivity index (χ0) is 14.2. The Morgan fingerprint density at radius 2 is 1.85 bits per heavy atom. The van der Waals surface area contributed by atoms with Crippen LogP contribution in [-0.4, -0.2) is 35.6 Å². The Morgan fingerprint density at radius 1 is 1.25 bits per heavy atom. The SMILES string of the molecule is NC(CN1CC2CCCC2C1)(C(=O)O)c1ccccc1. The highest BCUT2D eigenvalue weighted by Crippen LogP contribution is 2.38. The number of likely N-dealkylation sites (tertiary alicyclic amines) is 1. The van der Waals surface area contributed by atoms with Gasteiger partial charge < -0.3 is 10.8 Å². The Balaban J connectivity index is 1.77. The number of hydrogen-bond acceptors (Lipinski definition) is 3. The third-order valence-electron chi connectivity index (χ3n) is 4.95. The van der Waals surface area contributed by atoms with Gasteiger partial charge >= 0.3 is 5.97 Å². The molecular formula is C16H22N2O2. The Morgan fingerprint density at radius 3 is 2.40 bits per heavy atom. The molecule has 1 aromatic rings. The highest BCUT2D eigenvalue weighted by atomic mass is 16.4. The maximum atomic E-state index is 11.7. The van der Waals surface area contributed by atoms with Gasteiger partial charge in [-0.2, -0.15) is 0 Å². The molecule has 3 rings (SSSR count). The lowest BCUT2D eigenvalue weighted by Crippen LogP contribution is -2.53. The summed E-state index contributed by atoms with van der Waals surface area (Å²) >= 11 is 0. The van der Waals surface area contributed by atoms with Gasteiger partial charge in [-0.15, -0.1) is 0 Å². The van der Waals surface area contributed by atoms with Crippen molar-refractivity contribution in [1.82, 2.24) is 4.90 Å². The molecule has 4 nitrogen and oxygen atoms in total. The highest BCUT2D eigenvalue weighted by Gasteiger charge is 2.43. The Hall–Kier alpha value is -1.39. The van der Waals surface area contributed by atoms with Crippen molar-refractivity contribution < 1.29 is 9.90 Å². The minimum Gasteiger partial charge on any atom is -0.480 e. The minimum absolute atomic E-state index is 0.402. The quantitative estimate of drug-likeness (QED) is 0.876. The number of nitrogens with two attached hydrogens (primary N) is 1. The number of carboxylic acids is 1. The molecule has 0 spiro atoms. The Bertz CT molecular complexity index is 479. The average molecular weight is 274 g/mol. The molecule has 108 valence electrons. The number of carbonyl (C=O) groups is 1. The largest absolute Gasteiger partial charge is 0.480 e. The van der Waals surface area contributed by atoms with Gasteiger partial charge in [-0.25, -0.2) is 4.79 Å². The number of rotatable bonds is 4. The van der Waals surface area contributed by atoms with Crippen LogP contribution in [0.25, 0.3) is 0 Å². The van der Waals surface area contributed by atoms with Crippen LogP contribution in [0.15, 0.2) is 30.3 Å². The fourth-order valence-corrected chi connectivity index (χ4v) is 3.83. The number of benzene rings is 1. The molecule has 4 heteroatoms. The normalized spacial score (nSPS) is 29.1. The molecule has 0 radical (unpaired) electrons. The summed E-state index contributed by atoms with van der Waals surface area (Å²) in [6, 6.07) is 9.19. The standard InChI is InChI=1S/C16H22N2O2/c17-16(15(19)20,14-7-2-1-3-8-14)11-18-9-12-5-4-6-13(12)10-18/h1-3,7-8,12-13H,4-6,9-11,17H2,(H,19,20). The molecule has 3 atom stereocenters. The van der Waals surface area contributed by atoms with Crippen molar-refractivity contribution in [3.8, 4) is 0 Å². The van der Waals surface area contributed by atoms with Crippen molar-refractivity contribution in [3.05, 3.63) is 35.9 Å². The van der Waals surface area contributed by atoms with Crippen LogP contribution in [0.2, 0.25) is 0 Å². The van der Waals surface area contributed by atoms with E-state index in [-0.39, 0.29) is 0 Å². The molecule has 3 unspecified atom stereocenters. The third-order valence-corrected chi connectivity index (χ3v) is 4.95. The van der Waals surface area contributed by atoms with Crippen LogP contribution in [0, 0.1) is 11.8 Å². The van der Waals surface area contributed by atoms with Crippen LogP contribution < -0.4 is 5.73 Å². The Kier molecular flexibility index (Phi) is 3.52. The van der Waals surface area contributed by atoms with Gasteiger partial charge in [-0.3, -0.25) is 4.90 Å². The minimum atomic E-state index is -1.31. The van der Waals surface area contributed by atoms with Gasteiger partial charge in [0.25, 0.3) is 0 Å². The van der Waals surface area contributed by atoms with Crippen molar-refractivity contribution >= 4 is 5.97 Å². The molecule has 2 fully saturated rings. The summed E-state index contributed by atoms with van der Waals surface area (Å²) in [5.74, 6) is 0.563. The van der Waals surface area contributed by atoms with Gasteiger partial charge in [0, 0.05) is 19.6 Å². The zero-order valence-electron chi connectivity index (χ0n) is 11.7.